The molecule has 1 aromatic heterocycles. The summed E-state index contributed by atoms with van der Waals surface area (Å²) in [6, 6.07) is 18.0. The van der Waals surface area contributed by atoms with Gasteiger partial charge in [-0.1, -0.05) is 30.3 Å². The Bertz CT molecular complexity index is 926. The van der Waals surface area contributed by atoms with Gasteiger partial charge >= 0.3 is 0 Å². The molecule has 0 spiro atoms. The van der Waals surface area contributed by atoms with Crippen LogP contribution >= 0.6 is 0 Å². The molecule has 0 aliphatic heterocycles. The third-order valence-electron chi connectivity index (χ3n) is 4.07. The van der Waals surface area contributed by atoms with E-state index in [0.717, 1.165) is 5.56 Å². The molecule has 0 saturated carbocycles. The van der Waals surface area contributed by atoms with Gasteiger partial charge in [0.15, 0.2) is 0 Å². The average molecular weight is 364 g/mol. The molecule has 6 nitrogen and oxygen atoms in total. The summed E-state index contributed by atoms with van der Waals surface area (Å²) in [4.78, 5) is 25.1. The van der Waals surface area contributed by atoms with E-state index in [-0.39, 0.29) is 0 Å². The van der Waals surface area contributed by atoms with Crippen LogP contribution in [0.15, 0.2) is 66.9 Å². The molecule has 2 aromatic carbocycles. The summed E-state index contributed by atoms with van der Waals surface area (Å²) in [6.45, 7) is 0.509. The highest BCUT2D eigenvalue weighted by molar-refractivity contribution is 6.46. The minimum atomic E-state index is -0.724. The third kappa shape index (κ3) is 4.36. The first-order chi connectivity index (χ1) is 13.1. The van der Waals surface area contributed by atoms with E-state index in [1.54, 1.807) is 41.1 Å². The van der Waals surface area contributed by atoms with Crippen LogP contribution in [0.2, 0.25) is 0 Å². The molecule has 0 unspecified atom stereocenters. The summed E-state index contributed by atoms with van der Waals surface area (Å²) >= 11 is 0. The average Bonchev–Trinajstić information content (AvgIpc) is 3.15. The SMILES string of the molecule is COc1cc(NC(=O)C(=O)c2cccn2Cc2ccccc2)cc(OC)c1. The third-order valence-corrected chi connectivity index (χ3v) is 4.07. The number of methoxy groups -OCH3 is 2. The lowest BCUT2D eigenvalue weighted by molar-refractivity contribution is -0.112. The van der Waals surface area contributed by atoms with Crippen LogP contribution in [0.25, 0.3) is 0 Å². The molecule has 1 N–H and O–H groups in total. The van der Waals surface area contributed by atoms with Gasteiger partial charge < -0.3 is 19.4 Å². The minimum absolute atomic E-state index is 0.325. The Kier molecular flexibility index (Phi) is 5.56. The number of ketones is 1. The maximum atomic E-state index is 12.6. The zero-order chi connectivity index (χ0) is 19.2. The summed E-state index contributed by atoms with van der Waals surface area (Å²) in [5, 5.41) is 2.61. The van der Waals surface area contributed by atoms with E-state index in [2.05, 4.69) is 5.32 Å². The second kappa shape index (κ2) is 8.23. The fraction of sp³-hybridized carbons (Fsp3) is 0.143. The molecule has 0 aliphatic carbocycles. The Morgan fingerprint density at radius 2 is 1.59 bits per heavy atom. The number of nitrogens with zero attached hydrogens (tertiary/aromatic N) is 1. The van der Waals surface area contributed by atoms with Gasteiger partial charge in [-0.25, -0.2) is 0 Å². The topological polar surface area (TPSA) is 69.6 Å². The van der Waals surface area contributed by atoms with Gasteiger partial charge in [0.2, 0.25) is 0 Å². The number of carbonyl (C=O) groups is 2. The van der Waals surface area contributed by atoms with Crippen LogP contribution in [0.1, 0.15) is 16.1 Å². The maximum Gasteiger partial charge on any atom is 0.298 e. The van der Waals surface area contributed by atoms with Crippen molar-refractivity contribution < 1.29 is 19.1 Å². The van der Waals surface area contributed by atoms with Crippen molar-refractivity contribution in [3.63, 3.8) is 0 Å². The highest BCUT2D eigenvalue weighted by atomic mass is 16.5. The number of nitrogens with one attached hydrogen (secondary N) is 1. The quantitative estimate of drug-likeness (QED) is 0.515. The van der Waals surface area contributed by atoms with Crippen molar-refractivity contribution in [2.24, 2.45) is 0 Å². The molecular formula is C21H20N2O4. The Balaban J connectivity index is 1.77. The molecular weight excluding hydrogens is 344 g/mol. The number of hydrogen-bond acceptors (Lipinski definition) is 4. The zero-order valence-electron chi connectivity index (χ0n) is 15.1. The standard InChI is InChI=1S/C21H20N2O4/c1-26-17-11-16(12-18(13-17)27-2)22-21(25)20(24)19-9-6-10-23(19)14-15-7-4-3-5-8-15/h3-13H,14H2,1-2H3,(H,22,25). The van der Waals surface area contributed by atoms with Crippen molar-refractivity contribution in [1.82, 2.24) is 4.57 Å². The van der Waals surface area contributed by atoms with E-state index in [4.69, 9.17) is 9.47 Å². The fourth-order valence-electron chi connectivity index (χ4n) is 2.72. The van der Waals surface area contributed by atoms with Gasteiger partial charge in [0.05, 0.1) is 19.9 Å². The lowest BCUT2D eigenvalue weighted by atomic mass is 10.2. The van der Waals surface area contributed by atoms with Crippen molar-refractivity contribution in [2.45, 2.75) is 6.54 Å². The molecule has 0 aliphatic rings. The lowest BCUT2D eigenvalue weighted by Gasteiger charge is -2.11. The Morgan fingerprint density at radius 3 is 2.22 bits per heavy atom. The highest BCUT2D eigenvalue weighted by Gasteiger charge is 2.20. The number of ether oxygens (including phenoxy) is 2. The second-order valence-corrected chi connectivity index (χ2v) is 5.89. The molecule has 138 valence electrons. The molecule has 0 atom stereocenters. The van der Waals surface area contributed by atoms with Crippen LogP contribution < -0.4 is 14.8 Å². The van der Waals surface area contributed by atoms with Crippen LogP contribution in [0.5, 0.6) is 11.5 Å². The molecule has 1 heterocycles. The predicted octanol–water partition coefficient (Wildman–Crippen LogP) is 3.38. The molecule has 0 saturated heterocycles. The van der Waals surface area contributed by atoms with Gasteiger partial charge in [-0.3, -0.25) is 9.59 Å². The van der Waals surface area contributed by atoms with Gasteiger partial charge in [-0.15, -0.1) is 0 Å². The monoisotopic (exact) mass is 364 g/mol. The summed E-state index contributed by atoms with van der Waals surface area (Å²) in [7, 11) is 3.03. The molecule has 6 heteroatoms. The predicted molar refractivity (Wildman–Crippen MR) is 102 cm³/mol. The van der Waals surface area contributed by atoms with Crippen molar-refractivity contribution in [2.75, 3.05) is 19.5 Å². The van der Waals surface area contributed by atoms with E-state index in [1.807, 2.05) is 30.3 Å². The van der Waals surface area contributed by atoms with Crippen LogP contribution in [0.3, 0.4) is 0 Å². The molecule has 27 heavy (non-hydrogen) atoms. The van der Waals surface area contributed by atoms with E-state index in [1.165, 1.54) is 14.2 Å². The fourth-order valence-corrected chi connectivity index (χ4v) is 2.72. The number of benzene rings is 2. The molecule has 0 fully saturated rings. The lowest BCUT2D eigenvalue weighted by Crippen LogP contribution is -2.25. The van der Waals surface area contributed by atoms with E-state index in [9.17, 15) is 9.59 Å². The van der Waals surface area contributed by atoms with Gasteiger partial charge in [0, 0.05) is 36.6 Å². The second-order valence-electron chi connectivity index (χ2n) is 5.89. The Morgan fingerprint density at radius 1 is 0.926 bits per heavy atom. The summed E-state index contributed by atoms with van der Waals surface area (Å²) in [6.07, 6.45) is 1.78. The molecule has 0 bridgehead atoms. The zero-order valence-corrected chi connectivity index (χ0v) is 15.1. The van der Waals surface area contributed by atoms with Crippen LogP contribution in [-0.4, -0.2) is 30.5 Å². The van der Waals surface area contributed by atoms with Crippen LogP contribution in [0, 0.1) is 0 Å². The maximum absolute atomic E-state index is 12.6. The van der Waals surface area contributed by atoms with Gasteiger partial charge in [-0.2, -0.15) is 0 Å². The number of hydrogen-bond donors (Lipinski definition) is 1. The van der Waals surface area contributed by atoms with Crippen LogP contribution in [-0.2, 0) is 11.3 Å². The Labute approximate surface area is 157 Å². The van der Waals surface area contributed by atoms with Crippen molar-refractivity contribution in [3.05, 3.63) is 78.1 Å². The minimum Gasteiger partial charge on any atom is -0.497 e. The Hall–Kier alpha value is -3.54. The van der Waals surface area contributed by atoms with Crippen molar-refractivity contribution in [3.8, 4) is 11.5 Å². The van der Waals surface area contributed by atoms with E-state index in [0.29, 0.717) is 29.4 Å². The first-order valence-electron chi connectivity index (χ1n) is 8.38. The first-order valence-corrected chi connectivity index (χ1v) is 8.38. The van der Waals surface area contributed by atoms with Gasteiger partial charge in [0.25, 0.3) is 11.7 Å². The van der Waals surface area contributed by atoms with E-state index >= 15 is 0 Å². The smallest absolute Gasteiger partial charge is 0.298 e. The first kappa shape index (κ1) is 18.3. The number of aromatic nitrogens is 1. The summed E-state index contributed by atoms with van der Waals surface area (Å²) in [5.74, 6) is -0.301. The molecule has 3 aromatic rings. The van der Waals surface area contributed by atoms with Crippen molar-refractivity contribution >= 4 is 17.4 Å². The number of carbonyl (C=O) groups excluding carboxylic acids is 2. The number of anilines is 1. The summed E-state index contributed by atoms with van der Waals surface area (Å²) < 4.78 is 12.1. The molecule has 0 radical (unpaired) electrons. The number of amides is 1. The largest absolute Gasteiger partial charge is 0.497 e. The molecule has 1 amide bonds. The van der Waals surface area contributed by atoms with Gasteiger partial charge in [-0.05, 0) is 17.7 Å². The number of rotatable bonds is 7. The van der Waals surface area contributed by atoms with Gasteiger partial charge in [0.1, 0.15) is 11.5 Å². The van der Waals surface area contributed by atoms with Crippen LogP contribution in [0.4, 0.5) is 5.69 Å². The molecule has 3 rings (SSSR count). The normalized spacial score (nSPS) is 10.3. The summed E-state index contributed by atoms with van der Waals surface area (Å²) in [5.41, 5.74) is 1.79. The highest BCUT2D eigenvalue weighted by Crippen LogP contribution is 2.25. The van der Waals surface area contributed by atoms with E-state index < -0.39 is 11.7 Å². The van der Waals surface area contributed by atoms with Crippen molar-refractivity contribution in [1.29, 1.82) is 0 Å². The number of Topliss-reactive ketones (excluding diaryl/α,β-unsaturated/α-hetero) is 1.